The Balaban J connectivity index is 2.71. The van der Waals surface area contributed by atoms with Gasteiger partial charge < -0.3 is 0 Å². The highest BCUT2D eigenvalue weighted by Gasteiger charge is 2.26. The normalized spacial score (nSPS) is 13.1. The predicted octanol–water partition coefficient (Wildman–Crippen LogP) is -0.134. The molecule has 0 bridgehead atoms. The summed E-state index contributed by atoms with van der Waals surface area (Å²) in [5.74, 6) is 5.24. The monoisotopic (exact) mass is 239 g/mol. The van der Waals surface area contributed by atoms with Gasteiger partial charge in [0, 0.05) is 25.4 Å². The van der Waals surface area contributed by atoms with Gasteiger partial charge in [-0.1, -0.05) is 13.8 Å². The van der Waals surface area contributed by atoms with Gasteiger partial charge in [0.05, 0.1) is 12.2 Å². The van der Waals surface area contributed by atoms with Crippen LogP contribution in [-0.2, 0) is 18.4 Å². The Hall–Kier alpha value is -1.40. The Labute approximate surface area is 102 Å². The van der Waals surface area contributed by atoms with Gasteiger partial charge in [0.25, 0.3) is 5.91 Å². The van der Waals surface area contributed by atoms with E-state index >= 15 is 0 Å². The van der Waals surface area contributed by atoms with Crippen molar-refractivity contribution in [1.82, 2.24) is 20.1 Å². The van der Waals surface area contributed by atoms with E-state index in [2.05, 4.69) is 10.5 Å². The zero-order valence-corrected chi connectivity index (χ0v) is 10.8. The highest BCUT2D eigenvalue weighted by Crippen LogP contribution is 2.12. The van der Waals surface area contributed by atoms with Crippen LogP contribution >= 0.6 is 0 Å². The number of likely N-dealkylation sites (N-methyl/N-ethyl adjacent to an activating group) is 1. The molecule has 1 aromatic heterocycles. The number of nitrogens with two attached hydrogens (primary N) is 1. The first-order valence-corrected chi connectivity index (χ1v) is 5.64. The highest BCUT2D eigenvalue weighted by molar-refractivity contribution is 5.81. The molecule has 0 saturated carbocycles. The van der Waals surface area contributed by atoms with E-state index in [9.17, 15) is 4.79 Å². The van der Waals surface area contributed by atoms with Gasteiger partial charge in [-0.15, -0.1) is 0 Å². The van der Waals surface area contributed by atoms with Crippen molar-refractivity contribution in [2.75, 3.05) is 7.05 Å². The van der Waals surface area contributed by atoms with Crippen molar-refractivity contribution in [2.24, 2.45) is 18.8 Å². The number of hydrogen-bond acceptors (Lipinski definition) is 4. The van der Waals surface area contributed by atoms with Crippen LogP contribution in [0.2, 0.25) is 0 Å². The van der Waals surface area contributed by atoms with Crippen LogP contribution in [0.15, 0.2) is 12.4 Å². The fourth-order valence-corrected chi connectivity index (χ4v) is 2.04. The summed E-state index contributed by atoms with van der Waals surface area (Å²) < 4.78 is 1.75. The molecule has 1 rings (SSSR count). The minimum atomic E-state index is -0.236. The SMILES string of the molecule is CC(C)C(C(=O)NN)N(C)Cc1cnn(C)c1. The van der Waals surface area contributed by atoms with Gasteiger partial charge in [-0.2, -0.15) is 5.10 Å². The first-order chi connectivity index (χ1) is 7.95. The van der Waals surface area contributed by atoms with E-state index in [0.29, 0.717) is 6.54 Å². The van der Waals surface area contributed by atoms with Crippen molar-refractivity contribution in [3.63, 3.8) is 0 Å². The molecule has 1 unspecified atom stereocenters. The number of amides is 1. The van der Waals surface area contributed by atoms with Crippen LogP contribution in [0.4, 0.5) is 0 Å². The number of hydrazine groups is 1. The minimum Gasteiger partial charge on any atom is -0.293 e. The molecular formula is C11H21N5O. The van der Waals surface area contributed by atoms with Gasteiger partial charge in [-0.25, -0.2) is 5.84 Å². The summed E-state index contributed by atoms with van der Waals surface area (Å²) in [5.41, 5.74) is 3.29. The fraction of sp³-hybridized carbons (Fsp3) is 0.636. The molecule has 6 heteroatoms. The average Bonchev–Trinajstić information content (AvgIpc) is 2.63. The summed E-state index contributed by atoms with van der Waals surface area (Å²) in [6, 6.07) is -0.236. The highest BCUT2D eigenvalue weighted by atomic mass is 16.2. The van der Waals surface area contributed by atoms with Crippen LogP contribution in [-0.4, -0.2) is 33.7 Å². The number of nitrogens with one attached hydrogen (secondary N) is 1. The maximum absolute atomic E-state index is 11.7. The molecule has 1 atom stereocenters. The molecule has 0 aliphatic heterocycles. The first kappa shape index (κ1) is 13.7. The first-order valence-electron chi connectivity index (χ1n) is 5.64. The molecule has 1 aromatic rings. The fourth-order valence-electron chi connectivity index (χ4n) is 2.04. The maximum atomic E-state index is 11.7. The molecule has 6 nitrogen and oxygen atoms in total. The molecule has 96 valence electrons. The zero-order chi connectivity index (χ0) is 13.0. The van der Waals surface area contributed by atoms with Crippen molar-refractivity contribution in [2.45, 2.75) is 26.4 Å². The summed E-state index contributed by atoms with van der Waals surface area (Å²) in [6.45, 7) is 4.67. The number of carbonyl (C=O) groups excluding carboxylic acids is 1. The summed E-state index contributed by atoms with van der Waals surface area (Å²) in [7, 11) is 3.78. The molecule has 1 amide bonds. The number of aryl methyl sites for hydroxylation is 1. The van der Waals surface area contributed by atoms with Crippen LogP contribution in [0.1, 0.15) is 19.4 Å². The van der Waals surface area contributed by atoms with Gasteiger partial charge in [0.2, 0.25) is 0 Å². The third-order valence-corrected chi connectivity index (χ3v) is 2.71. The molecule has 0 aromatic carbocycles. The molecule has 3 N–H and O–H groups in total. The summed E-state index contributed by atoms with van der Waals surface area (Å²) in [5, 5.41) is 4.10. The second-order valence-corrected chi connectivity index (χ2v) is 4.63. The Morgan fingerprint density at radius 3 is 2.71 bits per heavy atom. The third-order valence-electron chi connectivity index (χ3n) is 2.71. The standard InChI is InChI=1S/C11H21N5O/c1-8(2)10(11(17)14-12)15(3)6-9-5-13-16(4)7-9/h5,7-8,10H,6,12H2,1-4H3,(H,14,17). The Morgan fingerprint density at radius 2 is 2.29 bits per heavy atom. The van der Waals surface area contributed by atoms with E-state index in [0.717, 1.165) is 5.56 Å². The topological polar surface area (TPSA) is 76.2 Å². The van der Waals surface area contributed by atoms with E-state index < -0.39 is 0 Å². The quantitative estimate of drug-likeness (QED) is 0.426. The van der Waals surface area contributed by atoms with Gasteiger partial charge in [-0.05, 0) is 13.0 Å². The smallest absolute Gasteiger partial charge is 0.251 e. The summed E-state index contributed by atoms with van der Waals surface area (Å²) >= 11 is 0. The summed E-state index contributed by atoms with van der Waals surface area (Å²) in [4.78, 5) is 13.7. The molecule has 0 saturated heterocycles. The molecule has 0 radical (unpaired) electrons. The zero-order valence-electron chi connectivity index (χ0n) is 10.8. The maximum Gasteiger partial charge on any atom is 0.251 e. The van der Waals surface area contributed by atoms with E-state index in [1.165, 1.54) is 0 Å². The molecular weight excluding hydrogens is 218 g/mol. The van der Waals surface area contributed by atoms with Crippen LogP contribution in [0.5, 0.6) is 0 Å². The molecule has 0 aliphatic carbocycles. The van der Waals surface area contributed by atoms with Gasteiger partial charge in [-0.3, -0.25) is 19.8 Å². The lowest BCUT2D eigenvalue weighted by atomic mass is 10.0. The number of rotatable bonds is 5. The minimum absolute atomic E-state index is 0.161. The Morgan fingerprint density at radius 1 is 1.65 bits per heavy atom. The largest absolute Gasteiger partial charge is 0.293 e. The number of aromatic nitrogens is 2. The molecule has 1 heterocycles. The number of nitrogens with zero attached hydrogens (tertiary/aromatic N) is 3. The van der Waals surface area contributed by atoms with E-state index in [1.807, 2.05) is 39.0 Å². The van der Waals surface area contributed by atoms with Crippen LogP contribution in [0.25, 0.3) is 0 Å². The van der Waals surface area contributed by atoms with Crippen molar-refractivity contribution in [1.29, 1.82) is 0 Å². The van der Waals surface area contributed by atoms with Crippen LogP contribution in [0.3, 0.4) is 0 Å². The van der Waals surface area contributed by atoms with E-state index in [1.54, 1.807) is 10.9 Å². The second-order valence-electron chi connectivity index (χ2n) is 4.63. The van der Waals surface area contributed by atoms with Crippen LogP contribution in [0, 0.1) is 5.92 Å². The van der Waals surface area contributed by atoms with Crippen LogP contribution < -0.4 is 11.3 Å². The number of carbonyl (C=O) groups is 1. The van der Waals surface area contributed by atoms with E-state index in [-0.39, 0.29) is 17.9 Å². The molecule has 0 spiro atoms. The lowest BCUT2D eigenvalue weighted by Gasteiger charge is -2.29. The van der Waals surface area contributed by atoms with Gasteiger partial charge >= 0.3 is 0 Å². The third kappa shape index (κ3) is 3.54. The Kier molecular flexibility index (Phi) is 4.65. The summed E-state index contributed by atoms with van der Waals surface area (Å²) in [6.07, 6.45) is 3.74. The molecule has 17 heavy (non-hydrogen) atoms. The lowest BCUT2D eigenvalue weighted by Crippen LogP contribution is -2.50. The van der Waals surface area contributed by atoms with Crippen molar-refractivity contribution in [3.8, 4) is 0 Å². The van der Waals surface area contributed by atoms with Gasteiger partial charge in [0.1, 0.15) is 0 Å². The second kappa shape index (κ2) is 5.79. The lowest BCUT2D eigenvalue weighted by molar-refractivity contribution is -0.127. The molecule has 0 aliphatic rings. The number of hydrogen-bond donors (Lipinski definition) is 2. The Bertz CT molecular complexity index is 374. The van der Waals surface area contributed by atoms with E-state index in [4.69, 9.17) is 5.84 Å². The average molecular weight is 239 g/mol. The van der Waals surface area contributed by atoms with Gasteiger partial charge in [0.15, 0.2) is 0 Å². The molecule has 0 fully saturated rings. The van der Waals surface area contributed by atoms with Crippen molar-refractivity contribution < 1.29 is 4.79 Å². The van der Waals surface area contributed by atoms with Crippen molar-refractivity contribution >= 4 is 5.91 Å². The van der Waals surface area contributed by atoms with Crippen molar-refractivity contribution in [3.05, 3.63) is 18.0 Å². The predicted molar refractivity (Wildman–Crippen MR) is 65.6 cm³/mol.